The predicted molar refractivity (Wildman–Crippen MR) is 200 cm³/mol. The third-order valence-electron chi connectivity index (χ3n) is 12.8. The molecule has 0 aromatic heterocycles. The van der Waals surface area contributed by atoms with Crippen LogP contribution in [-0.4, -0.2) is 135 Å². The first-order valence-corrected chi connectivity index (χ1v) is 19.5. The van der Waals surface area contributed by atoms with Crippen LogP contribution in [0.25, 0.3) is 0 Å². The van der Waals surface area contributed by atoms with Gasteiger partial charge in [-0.3, -0.25) is 4.79 Å². The molecule has 3 aliphatic rings. The molecule has 3 aliphatic heterocycles. The summed E-state index contributed by atoms with van der Waals surface area (Å²) < 4.78 is 31.8. The van der Waals surface area contributed by atoms with Crippen molar-refractivity contribution in [3.05, 3.63) is 0 Å². The summed E-state index contributed by atoms with van der Waals surface area (Å²) in [6.45, 7) is 18.1. The van der Waals surface area contributed by atoms with Crippen molar-refractivity contribution in [1.82, 2.24) is 4.90 Å². The van der Waals surface area contributed by atoms with Gasteiger partial charge in [-0.1, -0.05) is 39.8 Å². The lowest BCUT2D eigenvalue weighted by molar-refractivity contribution is -0.275. The van der Waals surface area contributed by atoms with Gasteiger partial charge < -0.3 is 54.2 Å². The van der Waals surface area contributed by atoms with Crippen LogP contribution in [0.15, 0.2) is 5.16 Å². The van der Waals surface area contributed by atoms with Gasteiger partial charge in [0.05, 0.1) is 53.4 Å². The molecule has 0 aliphatic carbocycles. The second-order valence-corrected chi connectivity index (χ2v) is 17.0. The molecule has 5 N–H and O–H groups in total. The van der Waals surface area contributed by atoms with Crippen LogP contribution in [-0.2, 0) is 28.5 Å². The number of aliphatic hydroxyl groups is 4. The molecule has 13 heteroatoms. The monoisotopic (exact) mass is 754 g/mol. The van der Waals surface area contributed by atoms with Gasteiger partial charge in [-0.15, -0.1) is 12.3 Å². The number of carbonyl (C=O) groups excluding carboxylic acids is 1. The van der Waals surface area contributed by atoms with Crippen molar-refractivity contribution in [3.63, 3.8) is 0 Å². The van der Waals surface area contributed by atoms with E-state index in [1.54, 1.807) is 41.5 Å². The maximum atomic E-state index is 14.3. The molecule has 0 radical (unpaired) electrons. The molecule has 3 rings (SSSR count). The van der Waals surface area contributed by atoms with Crippen LogP contribution >= 0.6 is 0 Å². The number of carbonyl (C=O) groups is 1. The van der Waals surface area contributed by atoms with Gasteiger partial charge in [0.25, 0.3) is 0 Å². The normalized spacial score (nSPS) is 47.5. The Morgan fingerprint density at radius 1 is 1.00 bits per heavy atom. The summed E-state index contributed by atoms with van der Waals surface area (Å²) in [5, 5.41) is 61.0. The number of rotatable bonds is 8. The van der Waals surface area contributed by atoms with E-state index < -0.39 is 95.3 Å². The zero-order chi connectivity index (χ0) is 40.2. The van der Waals surface area contributed by atoms with Crippen molar-refractivity contribution in [3.8, 4) is 12.3 Å². The van der Waals surface area contributed by atoms with Gasteiger partial charge in [-0.25, -0.2) is 0 Å². The zero-order valence-corrected chi connectivity index (χ0v) is 34.2. The molecule has 0 bridgehead atoms. The summed E-state index contributed by atoms with van der Waals surface area (Å²) in [6.07, 6.45) is 1.15. The maximum absolute atomic E-state index is 14.3. The van der Waals surface area contributed by atoms with Gasteiger partial charge >= 0.3 is 5.97 Å². The molecule has 3 saturated heterocycles. The van der Waals surface area contributed by atoms with Gasteiger partial charge in [-0.05, 0) is 66.8 Å². The largest absolute Gasteiger partial charge is 0.459 e. The molecule has 53 heavy (non-hydrogen) atoms. The van der Waals surface area contributed by atoms with Crippen molar-refractivity contribution < 1.29 is 54.1 Å². The van der Waals surface area contributed by atoms with Crippen molar-refractivity contribution in [2.75, 3.05) is 20.7 Å². The number of hydrogen-bond acceptors (Lipinski definition) is 13. The van der Waals surface area contributed by atoms with E-state index in [2.05, 4.69) is 16.0 Å². The Labute approximate surface area is 317 Å². The minimum Gasteiger partial charge on any atom is -0.459 e. The average Bonchev–Trinajstić information content (AvgIpc) is 3.09. The lowest BCUT2D eigenvalue weighted by Crippen LogP contribution is -2.61. The number of methoxy groups -OCH3 is 1. The fraction of sp³-hybridized carbons (Fsp3) is 0.900. The topological polar surface area (TPSA) is 180 Å². The Morgan fingerprint density at radius 2 is 1.64 bits per heavy atom. The second kappa shape index (κ2) is 18.4. The van der Waals surface area contributed by atoms with Crippen LogP contribution in [0.5, 0.6) is 0 Å². The van der Waals surface area contributed by atoms with E-state index in [-0.39, 0.29) is 37.1 Å². The molecule has 306 valence electrons. The molecule has 0 spiro atoms. The zero-order valence-electron chi connectivity index (χ0n) is 34.2. The van der Waals surface area contributed by atoms with Gasteiger partial charge in [0, 0.05) is 56.7 Å². The van der Waals surface area contributed by atoms with Crippen LogP contribution in [0, 0.1) is 41.9 Å². The standard InChI is InChI=1S/C40H70N2O11/c1-14-16-17-42(12)28-18-23(4)50-31(19-28)53-36-24(5)32(29-21-39(10,49-13)35(44)27(8)51-29)25(6)37(45)52-30(15-2)40(11,47)34(43)26(7)33(41-48)22(3)20-38(36,9)46/h1,22-32,34-36,43-44,46-48H,15-21H2,2-13H3/b41-33+/t22-,23?,24+,25?,26?,27?,28?,29?,30?,31?,32+,34?,35+,36-,38-,39-,40-/m1/s1. The van der Waals surface area contributed by atoms with Crippen LogP contribution in [0.3, 0.4) is 0 Å². The third kappa shape index (κ3) is 10.1. The first-order chi connectivity index (χ1) is 24.6. The first kappa shape index (κ1) is 45.5. The summed E-state index contributed by atoms with van der Waals surface area (Å²) in [4.78, 5) is 16.5. The molecule has 0 aromatic carbocycles. The first-order valence-electron chi connectivity index (χ1n) is 19.5. The van der Waals surface area contributed by atoms with E-state index in [1.807, 2.05) is 27.8 Å². The Kier molecular flexibility index (Phi) is 15.8. The molecule has 3 fully saturated rings. The molecule has 0 amide bonds. The van der Waals surface area contributed by atoms with Gasteiger partial charge in [0.2, 0.25) is 0 Å². The highest BCUT2D eigenvalue weighted by atomic mass is 16.7. The summed E-state index contributed by atoms with van der Waals surface area (Å²) >= 11 is 0. The molecule has 0 aromatic rings. The lowest BCUT2D eigenvalue weighted by atomic mass is 9.67. The molecule has 13 nitrogen and oxygen atoms in total. The quantitative estimate of drug-likeness (QED) is 0.105. The van der Waals surface area contributed by atoms with Gasteiger partial charge in [0.1, 0.15) is 17.8 Å². The summed E-state index contributed by atoms with van der Waals surface area (Å²) in [5.74, 6) is -1.55. The highest BCUT2D eigenvalue weighted by Gasteiger charge is 2.55. The van der Waals surface area contributed by atoms with Crippen molar-refractivity contribution in [2.24, 2.45) is 34.7 Å². The molecular formula is C40H70N2O11. The summed E-state index contributed by atoms with van der Waals surface area (Å²) in [5.41, 5.74) is -4.40. The van der Waals surface area contributed by atoms with Crippen LogP contribution in [0.1, 0.15) is 108 Å². The van der Waals surface area contributed by atoms with E-state index in [0.29, 0.717) is 19.4 Å². The molecule has 9 unspecified atom stereocenters. The second-order valence-electron chi connectivity index (χ2n) is 17.0. The lowest BCUT2D eigenvalue weighted by Gasteiger charge is -2.51. The molecule has 3 heterocycles. The van der Waals surface area contributed by atoms with E-state index >= 15 is 0 Å². The summed E-state index contributed by atoms with van der Waals surface area (Å²) in [7, 11) is 3.56. The van der Waals surface area contributed by atoms with Gasteiger partial charge in [-0.2, -0.15) is 0 Å². The number of hydrogen-bond donors (Lipinski definition) is 5. The number of ether oxygens (including phenoxy) is 5. The number of esters is 1. The van der Waals surface area contributed by atoms with Crippen LogP contribution in [0.4, 0.5) is 0 Å². The highest BCUT2D eigenvalue weighted by molar-refractivity contribution is 5.88. The third-order valence-corrected chi connectivity index (χ3v) is 12.8. The van der Waals surface area contributed by atoms with E-state index in [1.165, 1.54) is 14.0 Å². The SMILES string of the molecule is C#CCCN(C)C1CC(C)OC(O[C@@H]2[C@@H](C)[C@H](C3C[C@@](C)(OC)[C@@H](O)C(C)O3)C(C)C(=O)OC(CC)[C@@](C)(O)C(O)C(C)/C(=N/O)[C@H](C)C[C@@]2(C)O)C1. The number of terminal acetylenes is 1. The number of nitrogens with zero attached hydrogens (tertiary/aromatic N) is 2. The smallest absolute Gasteiger partial charge is 0.309 e. The van der Waals surface area contributed by atoms with Crippen molar-refractivity contribution in [1.29, 1.82) is 0 Å². The molecule has 0 saturated carbocycles. The molecule has 17 atom stereocenters. The van der Waals surface area contributed by atoms with Crippen LogP contribution < -0.4 is 0 Å². The number of oxime groups is 1. The number of cyclic esters (lactones) is 1. The fourth-order valence-electron chi connectivity index (χ4n) is 9.46. The van der Waals surface area contributed by atoms with E-state index in [0.717, 1.165) is 6.42 Å². The summed E-state index contributed by atoms with van der Waals surface area (Å²) in [6, 6.07) is 0.0974. The average molecular weight is 755 g/mol. The van der Waals surface area contributed by atoms with Crippen molar-refractivity contribution >= 4 is 11.7 Å². The van der Waals surface area contributed by atoms with E-state index in [9.17, 15) is 30.4 Å². The minimum absolute atomic E-state index is 0.0353. The minimum atomic E-state index is -1.92. The van der Waals surface area contributed by atoms with Gasteiger partial charge in [0.15, 0.2) is 6.29 Å². The fourth-order valence-corrected chi connectivity index (χ4v) is 9.46. The van der Waals surface area contributed by atoms with Crippen molar-refractivity contribution in [2.45, 2.75) is 180 Å². The van der Waals surface area contributed by atoms with E-state index in [4.69, 9.17) is 30.1 Å². The molecular weight excluding hydrogens is 684 g/mol. The number of aliphatic hydroxyl groups excluding tert-OH is 2. The van der Waals surface area contributed by atoms with Crippen LogP contribution in [0.2, 0.25) is 0 Å². The Bertz CT molecular complexity index is 1270. The Balaban J connectivity index is 2.22. The Hall–Kier alpha value is -1.86. The highest BCUT2D eigenvalue weighted by Crippen LogP contribution is 2.45. The maximum Gasteiger partial charge on any atom is 0.309 e. The Morgan fingerprint density at radius 3 is 2.21 bits per heavy atom. The predicted octanol–water partition coefficient (Wildman–Crippen LogP) is 3.74.